The molecule has 184 valence electrons. The average Bonchev–Trinajstić information content (AvgIpc) is 3.35. The number of halogens is 1. The predicted molar refractivity (Wildman–Crippen MR) is 135 cm³/mol. The number of nitrogens with zero attached hydrogens (tertiary/aromatic N) is 3. The molecule has 0 aromatic rings. The molecule has 0 aromatic carbocycles. The van der Waals surface area contributed by atoms with Gasteiger partial charge in [-0.05, 0) is 26.7 Å². The lowest BCUT2D eigenvalue weighted by Crippen LogP contribution is -2.57. The first kappa shape index (κ1) is 26.3. The van der Waals surface area contributed by atoms with Crippen molar-refractivity contribution in [1.82, 2.24) is 14.7 Å². The Labute approximate surface area is 209 Å². The summed E-state index contributed by atoms with van der Waals surface area (Å²) in [6.07, 6.45) is 4.85. The third kappa shape index (κ3) is 4.29. The van der Waals surface area contributed by atoms with Crippen molar-refractivity contribution < 1.29 is 19.5 Å². The Balaban J connectivity index is 2.06. The van der Waals surface area contributed by atoms with Crippen molar-refractivity contribution >= 4 is 45.4 Å². The summed E-state index contributed by atoms with van der Waals surface area (Å²) in [6, 6.07) is -0.776. The van der Waals surface area contributed by atoms with Gasteiger partial charge in [-0.15, -0.1) is 24.9 Å². The molecule has 3 heterocycles. The fraction of sp³-hybridized carbons (Fsp3) is 0.708. The van der Waals surface area contributed by atoms with Crippen LogP contribution in [-0.2, 0) is 14.4 Å². The number of hydrogen-bond donors (Lipinski definition) is 1. The molecular weight excluding hydrogens is 506 g/mol. The molecule has 33 heavy (non-hydrogen) atoms. The van der Waals surface area contributed by atoms with Crippen LogP contribution in [0, 0.1) is 11.8 Å². The molecule has 1 N–H and O–H groups in total. The normalized spacial score (nSPS) is 32.2. The summed E-state index contributed by atoms with van der Waals surface area (Å²) in [5.41, 5.74) is 0. The van der Waals surface area contributed by atoms with Crippen LogP contribution in [-0.4, -0.2) is 97.2 Å². The number of carbonyl (C=O) groups is 3. The third-order valence-electron chi connectivity index (χ3n) is 7.04. The number of thioether (sulfide) groups is 1. The van der Waals surface area contributed by atoms with Crippen LogP contribution in [0.1, 0.15) is 33.6 Å². The first-order valence-electron chi connectivity index (χ1n) is 11.7. The van der Waals surface area contributed by atoms with Crippen LogP contribution >= 0.6 is 27.7 Å². The lowest BCUT2D eigenvalue weighted by atomic mass is 9.70. The maximum absolute atomic E-state index is 13.9. The van der Waals surface area contributed by atoms with E-state index in [1.807, 2.05) is 20.8 Å². The molecule has 1 spiro atoms. The Hall–Kier alpha value is -1.32. The molecule has 3 unspecified atom stereocenters. The standard InChI is InChI=1S/C24H36BrN3O4S/c1-6-9-26(10-7-2)21(30)17-18-22(31)28(12-13-29)20(23(32)27(11-8-3)15(4)5)24(18)14-16(25)19(17)33-24/h6,8,15-20,29H,1,3,7,9-14H2,2,4-5H3/t16?,17-,18+,19-,20?,24?/m1/s1. The number of aliphatic hydroxyl groups excluding tert-OH is 1. The van der Waals surface area contributed by atoms with Crippen LogP contribution in [0.25, 0.3) is 0 Å². The number of likely N-dealkylation sites (tertiary alicyclic amines) is 1. The lowest BCUT2D eigenvalue weighted by molar-refractivity contribution is -0.145. The van der Waals surface area contributed by atoms with Gasteiger partial charge in [0.1, 0.15) is 6.04 Å². The van der Waals surface area contributed by atoms with Gasteiger partial charge in [0.05, 0.1) is 23.2 Å². The Morgan fingerprint density at radius 2 is 1.97 bits per heavy atom. The van der Waals surface area contributed by atoms with Gasteiger partial charge in [0.2, 0.25) is 17.7 Å². The summed E-state index contributed by atoms with van der Waals surface area (Å²) < 4.78 is -0.692. The minimum atomic E-state index is -0.712. The number of rotatable bonds is 11. The molecule has 3 aliphatic heterocycles. The Morgan fingerprint density at radius 1 is 1.30 bits per heavy atom. The summed E-state index contributed by atoms with van der Waals surface area (Å²) in [6.45, 7) is 14.8. The molecule has 3 aliphatic rings. The van der Waals surface area contributed by atoms with E-state index in [1.54, 1.807) is 33.7 Å². The van der Waals surface area contributed by atoms with E-state index in [-0.39, 0.29) is 47.0 Å². The molecule has 0 aliphatic carbocycles. The summed E-state index contributed by atoms with van der Waals surface area (Å²) in [4.78, 5) is 46.5. The van der Waals surface area contributed by atoms with Gasteiger partial charge in [0, 0.05) is 42.3 Å². The molecule has 0 radical (unpaired) electrons. The van der Waals surface area contributed by atoms with Gasteiger partial charge in [-0.1, -0.05) is 35.0 Å². The minimum Gasteiger partial charge on any atom is -0.395 e. The summed E-state index contributed by atoms with van der Waals surface area (Å²) in [7, 11) is 0. The highest BCUT2D eigenvalue weighted by Gasteiger charge is 2.76. The molecule has 2 bridgehead atoms. The van der Waals surface area contributed by atoms with Crippen molar-refractivity contribution in [3.63, 3.8) is 0 Å². The minimum absolute atomic E-state index is 0.0315. The Kier molecular flexibility index (Phi) is 8.38. The first-order chi connectivity index (χ1) is 15.7. The number of fused-ring (bicyclic) bond motifs is 1. The van der Waals surface area contributed by atoms with E-state index in [0.29, 0.717) is 26.1 Å². The second-order valence-electron chi connectivity index (χ2n) is 9.36. The number of alkyl halides is 1. The van der Waals surface area contributed by atoms with Gasteiger partial charge in [-0.3, -0.25) is 14.4 Å². The molecule has 3 fully saturated rings. The molecule has 3 rings (SSSR count). The highest BCUT2D eigenvalue weighted by molar-refractivity contribution is 9.09. The molecule has 3 saturated heterocycles. The fourth-order valence-electron chi connectivity index (χ4n) is 5.82. The van der Waals surface area contributed by atoms with Gasteiger partial charge in [-0.2, -0.15) is 0 Å². The van der Waals surface area contributed by atoms with Gasteiger partial charge < -0.3 is 19.8 Å². The van der Waals surface area contributed by atoms with Crippen molar-refractivity contribution in [3.05, 3.63) is 25.3 Å². The highest BCUT2D eigenvalue weighted by atomic mass is 79.9. The maximum Gasteiger partial charge on any atom is 0.247 e. The zero-order valence-electron chi connectivity index (χ0n) is 19.8. The number of amides is 3. The maximum atomic E-state index is 13.9. The highest BCUT2D eigenvalue weighted by Crippen LogP contribution is 2.68. The predicted octanol–water partition coefficient (Wildman–Crippen LogP) is 2.29. The lowest BCUT2D eigenvalue weighted by Gasteiger charge is -2.39. The zero-order valence-corrected chi connectivity index (χ0v) is 22.2. The second kappa shape index (κ2) is 10.5. The first-order valence-corrected chi connectivity index (χ1v) is 13.5. The molecule has 7 nitrogen and oxygen atoms in total. The average molecular weight is 543 g/mol. The summed E-state index contributed by atoms with van der Waals surface area (Å²) in [5.74, 6) is -1.43. The van der Waals surface area contributed by atoms with Gasteiger partial charge in [0.25, 0.3) is 0 Å². The largest absolute Gasteiger partial charge is 0.395 e. The van der Waals surface area contributed by atoms with Crippen LogP contribution < -0.4 is 0 Å². The van der Waals surface area contributed by atoms with Crippen LogP contribution in [0.5, 0.6) is 0 Å². The fourth-order valence-corrected chi connectivity index (χ4v) is 9.42. The zero-order chi connectivity index (χ0) is 24.5. The van der Waals surface area contributed by atoms with Crippen LogP contribution in [0.2, 0.25) is 0 Å². The Morgan fingerprint density at radius 3 is 2.52 bits per heavy atom. The molecule has 9 heteroatoms. The van der Waals surface area contributed by atoms with E-state index in [4.69, 9.17) is 0 Å². The number of carbonyl (C=O) groups excluding carboxylic acids is 3. The second-order valence-corrected chi connectivity index (χ2v) is 12.1. The number of β-amino-alcohol motifs (C(OH)–C–C–N with tert-alkyl or cyclic N) is 1. The van der Waals surface area contributed by atoms with Crippen LogP contribution in [0.4, 0.5) is 0 Å². The van der Waals surface area contributed by atoms with E-state index in [9.17, 15) is 19.5 Å². The van der Waals surface area contributed by atoms with E-state index in [0.717, 1.165) is 6.42 Å². The van der Waals surface area contributed by atoms with Gasteiger partial charge in [-0.25, -0.2) is 0 Å². The van der Waals surface area contributed by atoms with E-state index in [2.05, 4.69) is 29.1 Å². The molecule has 0 aromatic heterocycles. The Bertz CT molecular complexity index is 809. The topological polar surface area (TPSA) is 81.2 Å². The molecule has 3 amide bonds. The number of hydrogen-bond acceptors (Lipinski definition) is 5. The monoisotopic (exact) mass is 541 g/mol. The SMILES string of the molecule is C=CCN(CCC)C(=O)[C@H]1[C@@H]2SC3(CC2Br)C(C(=O)N(CC=C)C(C)C)N(CCO)C(=O)[C@H]13. The van der Waals surface area contributed by atoms with Crippen LogP contribution in [0.3, 0.4) is 0 Å². The quantitative estimate of drug-likeness (QED) is 0.320. The van der Waals surface area contributed by atoms with Crippen molar-refractivity contribution in [2.45, 2.75) is 60.5 Å². The van der Waals surface area contributed by atoms with Crippen molar-refractivity contribution in [3.8, 4) is 0 Å². The number of aliphatic hydroxyl groups is 1. The van der Waals surface area contributed by atoms with Gasteiger partial charge >= 0.3 is 0 Å². The summed E-state index contributed by atoms with van der Waals surface area (Å²) in [5, 5.41) is 9.67. The summed E-state index contributed by atoms with van der Waals surface area (Å²) >= 11 is 5.41. The molecular formula is C24H36BrN3O4S. The van der Waals surface area contributed by atoms with Crippen molar-refractivity contribution in [2.75, 3.05) is 32.8 Å². The van der Waals surface area contributed by atoms with Crippen LogP contribution in [0.15, 0.2) is 25.3 Å². The van der Waals surface area contributed by atoms with Crippen molar-refractivity contribution in [1.29, 1.82) is 0 Å². The van der Waals surface area contributed by atoms with E-state index in [1.165, 1.54) is 4.90 Å². The third-order valence-corrected chi connectivity index (χ3v) is 10.3. The van der Waals surface area contributed by atoms with E-state index < -0.39 is 22.6 Å². The smallest absolute Gasteiger partial charge is 0.247 e. The molecule has 0 saturated carbocycles. The van der Waals surface area contributed by atoms with Gasteiger partial charge in [0.15, 0.2) is 0 Å². The van der Waals surface area contributed by atoms with E-state index >= 15 is 0 Å². The molecule has 6 atom stereocenters. The van der Waals surface area contributed by atoms with Crippen molar-refractivity contribution in [2.24, 2.45) is 11.8 Å².